The number of rotatable bonds is 7. The van der Waals surface area contributed by atoms with Crippen LogP contribution in [0.25, 0.3) is 0 Å². The number of carbonyl (C=O) groups is 2. The number of ether oxygens (including phenoxy) is 2. The Morgan fingerprint density at radius 2 is 1.72 bits per heavy atom. The highest BCUT2D eigenvalue weighted by atomic mass is 35.5. The zero-order valence-corrected chi connectivity index (χ0v) is 15.2. The molecule has 25 heavy (non-hydrogen) atoms. The molecule has 8 heteroatoms. The number of amides is 2. The maximum absolute atomic E-state index is 12.2. The van der Waals surface area contributed by atoms with Crippen molar-refractivity contribution in [2.45, 2.75) is 4.90 Å². The molecule has 2 rings (SSSR count). The van der Waals surface area contributed by atoms with Crippen molar-refractivity contribution >= 4 is 40.9 Å². The van der Waals surface area contributed by atoms with Gasteiger partial charge in [-0.1, -0.05) is 11.6 Å². The number of anilines is 1. The Kier molecular flexibility index (Phi) is 6.55. The van der Waals surface area contributed by atoms with Gasteiger partial charge in [0.1, 0.15) is 0 Å². The number of nitrogens with one attached hydrogen (secondary N) is 1. The summed E-state index contributed by atoms with van der Waals surface area (Å²) in [6, 6.07) is 10.1. The Morgan fingerprint density at radius 1 is 1.12 bits per heavy atom. The molecule has 0 saturated carbocycles. The van der Waals surface area contributed by atoms with Crippen molar-refractivity contribution in [3.63, 3.8) is 0 Å². The van der Waals surface area contributed by atoms with Gasteiger partial charge in [-0.25, -0.2) is 0 Å². The fraction of sp³-hybridized carbons (Fsp3) is 0.176. The third-order valence-electron chi connectivity index (χ3n) is 3.25. The number of methoxy groups -OCH3 is 2. The first kappa shape index (κ1) is 19.0. The molecule has 2 aromatic rings. The fourth-order valence-corrected chi connectivity index (χ4v) is 2.88. The molecule has 0 atom stereocenters. The molecule has 132 valence electrons. The highest BCUT2D eigenvalue weighted by molar-refractivity contribution is 8.00. The van der Waals surface area contributed by atoms with Crippen LogP contribution in [-0.2, 0) is 4.79 Å². The van der Waals surface area contributed by atoms with Gasteiger partial charge in [-0.05, 0) is 30.3 Å². The van der Waals surface area contributed by atoms with Crippen LogP contribution in [0.5, 0.6) is 11.5 Å². The normalized spacial score (nSPS) is 10.2. The van der Waals surface area contributed by atoms with Crippen molar-refractivity contribution < 1.29 is 19.1 Å². The van der Waals surface area contributed by atoms with Crippen LogP contribution in [0.15, 0.2) is 41.3 Å². The minimum atomic E-state index is -0.679. The molecule has 0 radical (unpaired) electrons. The number of thioether (sulfide) groups is 1. The van der Waals surface area contributed by atoms with Crippen LogP contribution in [0.2, 0.25) is 5.02 Å². The van der Waals surface area contributed by atoms with Crippen molar-refractivity contribution in [3.8, 4) is 11.5 Å². The number of benzene rings is 2. The van der Waals surface area contributed by atoms with Gasteiger partial charge in [-0.2, -0.15) is 0 Å². The van der Waals surface area contributed by atoms with Crippen molar-refractivity contribution in [2.24, 2.45) is 5.73 Å². The summed E-state index contributed by atoms with van der Waals surface area (Å²) in [6.45, 7) is 0. The lowest BCUT2D eigenvalue weighted by atomic mass is 10.1. The molecule has 0 saturated heterocycles. The van der Waals surface area contributed by atoms with Crippen molar-refractivity contribution in [1.82, 2.24) is 0 Å². The van der Waals surface area contributed by atoms with E-state index < -0.39 is 5.91 Å². The first-order valence-corrected chi connectivity index (χ1v) is 8.55. The third-order valence-corrected chi connectivity index (χ3v) is 4.51. The third kappa shape index (κ3) is 5.04. The smallest absolute Gasteiger partial charge is 0.250 e. The molecule has 0 heterocycles. The summed E-state index contributed by atoms with van der Waals surface area (Å²) in [4.78, 5) is 24.7. The minimum Gasteiger partial charge on any atom is -0.493 e. The van der Waals surface area contributed by atoms with Crippen molar-refractivity contribution in [1.29, 1.82) is 0 Å². The standard InChI is InChI=1S/C17H17ClN2O4S/c1-23-14-7-12(17(19)22)13(8-15(14)24-2)20-16(21)9-25-11-5-3-10(18)4-6-11/h3-8H,9H2,1-2H3,(H2,19,22)(H,20,21). The second-order valence-corrected chi connectivity index (χ2v) is 6.39. The predicted octanol–water partition coefficient (Wildman–Crippen LogP) is 3.19. The summed E-state index contributed by atoms with van der Waals surface area (Å²) in [7, 11) is 2.91. The van der Waals surface area contributed by atoms with Crippen LogP contribution >= 0.6 is 23.4 Å². The van der Waals surface area contributed by atoms with Gasteiger partial charge in [0.25, 0.3) is 5.91 Å². The lowest BCUT2D eigenvalue weighted by Crippen LogP contribution is -2.19. The minimum absolute atomic E-state index is 0.141. The number of hydrogen-bond donors (Lipinski definition) is 2. The van der Waals surface area contributed by atoms with E-state index in [1.807, 2.05) is 12.1 Å². The first-order valence-electron chi connectivity index (χ1n) is 7.18. The van der Waals surface area contributed by atoms with E-state index in [4.69, 9.17) is 26.8 Å². The molecule has 0 aromatic heterocycles. The molecule has 0 aliphatic rings. The lowest BCUT2D eigenvalue weighted by Gasteiger charge is -2.14. The van der Waals surface area contributed by atoms with E-state index >= 15 is 0 Å². The average Bonchev–Trinajstić information content (AvgIpc) is 2.60. The van der Waals surface area contributed by atoms with Crippen molar-refractivity contribution in [3.05, 3.63) is 47.0 Å². The van der Waals surface area contributed by atoms with Crippen LogP contribution in [0.4, 0.5) is 5.69 Å². The Bertz CT molecular complexity index is 781. The average molecular weight is 381 g/mol. The quantitative estimate of drug-likeness (QED) is 0.720. The highest BCUT2D eigenvalue weighted by Crippen LogP contribution is 2.33. The Balaban J connectivity index is 2.13. The SMILES string of the molecule is COc1cc(NC(=O)CSc2ccc(Cl)cc2)c(C(N)=O)cc1OC. The van der Waals surface area contributed by atoms with Crippen molar-refractivity contribution in [2.75, 3.05) is 25.3 Å². The van der Waals surface area contributed by atoms with Gasteiger partial charge in [0, 0.05) is 16.0 Å². The van der Waals surface area contributed by atoms with E-state index in [9.17, 15) is 9.59 Å². The van der Waals surface area contributed by atoms with Gasteiger partial charge in [0.05, 0.1) is 31.2 Å². The lowest BCUT2D eigenvalue weighted by molar-refractivity contribution is -0.113. The number of halogens is 1. The van der Waals surface area contributed by atoms with Gasteiger partial charge in [-0.3, -0.25) is 9.59 Å². The van der Waals surface area contributed by atoms with E-state index in [2.05, 4.69) is 5.32 Å². The molecule has 0 bridgehead atoms. The Labute approximate surface area is 154 Å². The molecule has 0 spiro atoms. The molecule has 2 amide bonds. The fourth-order valence-electron chi connectivity index (χ4n) is 2.05. The molecule has 6 nitrogen and oxygen atoms in total. The monoisotopic (exact) mass is 380 g/mol. The molecule has 0 aliphatic heterocycles. The maximum atomic E-state index is 12.2. The Morgan fingerprint density at radius 3 is 2.28 bits per heavy atom. The largest absolute Gasteiger partial charge is 0.493 e. The predicted molar refractivity (Wildman–Crippen MR) is 98.9 cm³/mol. The molecule has 2 aromatic carbocycles. The van der Waals surface area contributed by atoms with Gasteiger partial charge in [0.15, 0.2) is 11.5 Å². The van der Waals surface area contributed by atoms with Gasteiger partial charge >= 0.3 is 0 Å². The van der Waals surface area contributed by atoms with Crippen LogP contribution in [0.1, 0.15) is 10.4 Å². The van der Waals surface area contributed by atoms with E-state index in [1.54, 1.807) is 12.1 Å². The van der Waals surface area contributed by atoms with E-state index in [0.29, 0.717) is 16.5 Å². The molecule has 3 N–H and O–H groups in total. The summed E-state index contributed by atoms with van der Waals surface area (Å²) in [5.41, 5.74) is 5.79. The van der Waals surface area contributed by atoms with Gasteiger partial charge in [-0.15, -0.1) is 11.8 Å². The maximum Gasteiger partial charge on any atom is 0.250 e. The van der Waals surface area contributed by atoms with Crippen LogP contribution in [0, 0.1) is 0 Å². The van der Waals surface area contributed by atoms with E-state index in [0.717, 1.165) is 4.90 Å². The second kappa shape index (κ2) is 8.64. The molecule has 0 unspecified atom stereocenters. The molecular weight excluding hydrogens is 364 g/mol. The van der Waals surface area contributed by atoms with Gasteiger partial charge < -0.3 is 20.5 Å². The number of carbonyl (C=O) groups excluding carboxylic acids is 2. The summed E-state index contributed by atoms with van der Waals surface area (Å²) in [6.07, 6.45) is 0. The number of primary amides is 1. The summed E-state index contributed by atoms with van der Waals surface area (Å²) < 4.78 is 10.3. The summed E-state index contributed by atoms with van der Waals surface area (Å²) in [5.74, 6) is -0.0666. The number of hydrogen-bond acceptors (Lipinski definition) is 5. The topological polar surface area (TPSA) is 90.6 Å². The molecule has 0 aliphatic carbocycles. The first-order chi connectivity index (χ1) is 11.9. The van der Waals surface area contributed by atoms with Gasteiger partial charge in [0.2, 0.25) is 5.91 Å². The van der Waals surface area contributed by atoms with E-state index in [1.165, 1.54) is 38.1 Å². The zero-order valence-electron chi connectivity index (χ0n) is 13.7. The summed E-state index contributed by atoms with van der Waals surface area (Å²) in [5, 5.41) is 3.31. The van der Waals surface area contributed by atoms with Crippen LogP contribution in [-0.4, -0.2) is 31.8 Å². The second-order valence-electron chi connectivity index (χ2n) is 4.91. The molecular formula is C17H17ClN2O4S. The van der Waals surface area contributed by atoms with E-state index in [-0.39, 0.29) is 22.9 Å². The molecule has 0 fully saturated rings. The zero-order chi connectivity index (χ0) is 18.4. The highest BCUT2D eigenvalue weighted by Gasteiger charge is 2.17. The summed E-state index contributed by atoms with van der Waals surface area (Å²) >= 11 is 7.17. The van der Waals surface area contributed by atoms with Crippen LogP contribution in [0.3, 0.4) is 0 Å². The number of nitrogens with two attached hydrogens (primary N) is 1. The van der Waals surface area contributed by atoms with Crippen LogP contribution < -0.4 is 20.5 Å². The Hall–Kier alpha value is -2.38.